The summed E-state index contributed by atoms with van der Waals surface area (Å²) in [4.78, 5) is 18.6. The van der Waals surface area contributed by atoms with Crippen molar-refractivity contribution in [3.63, 3.8) is 0 Å². The minimum absolute atomic E-state index is 0.0561. The molecule has 0 saturated heterocycles. The summed E-state index contributed by atoms with van der Waals surface area (Å²) >= 11 is 7.77. The standard InChI is InChI=1S/C15H17ClN2O2S/c1-2-7-21-15-17-12(13(18-15)9-14(19)20)8-10-5-3-4-6-11(10)16/h3-6H,2,7-9H2,1H3,(H,17,18)(H,19,20). The molecule has 0 saturated carbocycles. The van der Waals surface area contributed by atoms with Gasteiger partial charge in [-0.15, -0.1) is 0 Å². The average molecular weight is 325 g/mol. The van der Waals surface area contributed by atoms with Crippen LogP contribution in [0.3, 0.4) is 0 Å². The van der Waals surface area contributed by atoms with Gasteiger partial charge >= 0.3 is 5.97 Å². The van der Waals surface area contributed by atoms with Gasteiger partial charge in [-0.3, -0.25) is 4.79 Å². The lowest BCUT2D eigenvalue weighted by Gasteiger charge is -2.03. The molecule has 0 spiro atoms. The Balaban J connectivity index is 2.25. The number of carbonyl (C=O) groups is 1. The van der Waals surface area contributed by atoms with Crippen molar-refractivity contribution in [3.8, 4) is 0 Å². The first kappa shape index (κ1) is 15.9. The molecule has 1 heterocycles. The van der Waals surface area contributed by atoms with Gasteiger partial charge in [0.1, 0.15) is 0 Å². The number of aromatic amines is 1. The number of nitrogens with one attached hydrogen (secondary N) is 1. The van der Waals surface area contributed by atoms with Crippen molar-refractivity contribution in [2.45, 2.75) is 31.3 Å². The minimum Gasteiger partial charge on any atom is -0.481 e. The second kappa shape index (κ2) is 7.52. The van der Waals surface area contributed by atoms with E-state index in [2.05, 4.69) is 16.9 Å². The third kappa shape index (κ3) is 4.51. The van der Waals surface area contributed by atoms with Crippen LogP contribution in [0.5, 0.6) is 0 Å². The van der Waals surface area contributed by atoms with E-state index in [1.165, 1.54) is 0 Å². The molecule has 0 amide bonds. The number of aliphatic carboxylic acids is 1. The van der Waals surface area contributed by atoms with E-state index in [0.29, 0.717) is 17.1 Å². The lowest BCUT2D eigenvalue weighted by Crippen LogP contribution is -2.04. The molecule has 0 atom stereocenters. The molecule has 2 rings (SSSR count). The molecule has 1 aromatic carbocycles. The van der Waals surface area contributed by atoms with Gasteiger partial charge in [0.15, 0.2) is 5.16 Å². The fraction of sp³-hybridized carbons (Fsp3) is 0.333. The molecule has 4 nitrogen and oxygen atoms in total. The Bertz CT molecular complexity index is 628. The van der Waals surface area contributed by atoms with Gasteiger partial charge in [0.2, 0.25) is 0 Å². The predicted octanol–water partition coefficient (Wildman–Crippen LogP) is 3.78. The van der Waals surface area contributed by atoms with E-state index in [0.717, 1.165) is 28.6 Å². The van der Waals surface area contributed by atoms with Crippen molar-refractivity contribution in [1.82, 2.24) is 9.97 Å². The monoisotopic (exact) mass is 324 g/mol. The zero-order valence-corrected chi connectivity index (χ0v) is 13.3. The van der Waals surface area contributed by atoms with Crippen molar-refractivity contribution >= 4 is 29.3 Å². The number of halogens is 1. The van der Waals surface area contributed by atoms with Gasteiger partial charge in [-0.2, -0.15) is 0 Å². The predicted molar refractivity (Wildman–Crippen MR) is 85.2 cm³/mol. The zero-order chi connectivity index (χ0) is 15.2. The van der Waals surface area contributed by atoms with Crippen molar-refractivity contribution in [2.24, 2.45) is 0 Å². The van der Waals surface area contributed by atoms with Gasteiger partial charge in [-0.1, -0.05) is 48.5 Å². The summed E-state index contributed by atoms with van der Waals surface area (Å²) in [5.41, 5.74) is 2.36. The maximum atomic E-state index is 11.0. The lowest BCUT2D eigenvalue weighted by molar-refractivity contribution is -0.136. The van der Waals surface area contributed by atoms with Crippen LogP contribution in [0.15, 0.2) is 29.4 Å². The average Bonchev–Trinajstić information content (AvgIpc) is 2.80. The summed E-state index contributed by atoms with van der Waals surface area (Å²) < 4.78 is 0. The summed E-state index contributed by atoms with van der Waals surface area (Å²) in [7, 11) is 0. The molecule has 0 fully saturated rings. The van der Waals surface area contributed by atoms with Crippen molar-refractivity contribution in [1.29, 1.82) is 0 Å². The third-order valence-corrected chi connectivity index (χ3v) is 4.38. The third-order valence-electron chi connectivity index (χ3n) is 2.93. The van der Waals surface area contributed by atoms with E-state index in [9.17, 15) is 4.79 Å². The van der Waals surface area contributed by atoms with Crippen LogP contribution in [0.1, 0.15) is 30.3 Å². The first-order valence-electron chi connectivity index (χ1n) is 6.76. The van der Waals surface area contributed by atoms with Gasteiger partial charge in [0, 0.05) is 17.2 Å². The van der Waals surface area contributed by atoms with Gasteiger partial charge in [0.25, 0.3) is 0 Å². The number of benzene rings is 1. The Morgan fingerprint density at radius 2 is 2.19 bits per heavy atom. The molecular formula is C15H17ClN2O2S. The van der Waals surface area contributed by atoms with E-state index >= 15 is 0 Å². The molecule has 0 radical (unpaired) electrons. The smallest absolute Gasteiger partial charge is 0.309 e. The second-order valence-corrected chi connectivity index (χ2v) is 6.15. The maximum Gasteiger partial charge on any atom is 0.309 e. The number of hydrogen-bond acceptors (Lipinski definition) is 3. The minimum atomic E-state index is -0.869. The van der Waals surface area contributed by atoms with E-state index in [1.807, 2.05) is 24.3 Å². The van der Waals surface area contributed by atoms with Gasteiger partial charge in [-0.25, -0.2) is 4.98 Å². The van der Waals surface area contributed by atoms with Crippen LogP contribution in [0, 0.1) is 0 Å². The zero-order valence-electron chi connectivity index (χ0n) is 11.7. The molecule has 0 aliphatic heterocycles. The fourth-order valence-electron chi connectivity index (χ4n) is 1.95. The number of rotatable bonds is 7. The number of aromatic nitrogens is 2. The number of hydrogen-bond donors (Lipinski definition) is 2. The first-order chi connectivity index (χ1) is 10.1. The highest BCUT2D eigenvalue weighted by Crippen LogP contribution is 2.23. The number of H-pyrrole nitrogens is 1. The van der Waals surface area contributed by atoms with Gasteiger partial charge in [0.05, 0.1) is 17.8 Å². The highest BCUT2D eigenvalue weighted by Gasteiger charge is 2.15. The Morgan fingerprint density at radius 3 is 2.86 bits per heavy atom. The summed E-state index contributed by atoms with van der Waals surface area (Å²) in [6, 6.07) is 7.54. The Labute approximate surface area is 132 Å². The van der Waals surface area contributed by atoms with Crippen LogP contribution >= 0.6 is 23.4 Å². The van der Waals surface area contributed by atoms with E-state index < -0.39 is 5.97 Å². The lowest BCUT2D eigenvalue weighted by atomic mass is 10.1. The van der Waals surface area contributed by atoms with Crippen LogP contribution in [0.4, 0.5) is 0 Å². The molecule has 2 aromatic rings. The van der Waals surface area contributed by atoms with Crippen molar-refractivity contribution < 1.29 is 9.90 Å². The molecule has 112 valence electrons. The van der Waals surface area contributed by atoms with Crippen molar-refractivity contribution in [3.05, 3.63) is 46.2 Å². The molecule has 2 N–H and O–H groups in total. The first-order valence-corrected chi connectivity index (χ1v) is 8.12. The van der Waals surface area contributed by atoms with Crippen LogP contribution < -0.4 is 0 Å². The SMILES string of the molecule is CCCSc1nc(Cc2ccccc2Cl)c(CC(=O)O)[nH]1. The molecule has 0 aliphatic rings. The number of carboxylic acids is 1. The van der Waals surface area contributed by atoms with Crippen LogP contribution in [-0.2, 0) is 17.6 Å². The van der Waals surface area contributed by atoms with Crippen LogP contribution in [0.25, 0.3) is 0 Å². The Morgan fingerprint density at radius 1 is 1.43 bits per heavy atom. The molecule has 0 aliphatic carbocycles. The highest BCUT2D eigenvalue weighted by atomic mass is 35.5. The van der Waals surface area contributed by atoms with Crippen LogP contribution in [-0.4, -0.2) is 26.8 Å². The molecule has 0 bridgehead atoms. The van der Waals surface area contributed by atoms with Gasteiger partial charge in [-0.05, 0) is 18.1 Å². The number of carboxylic acid groups (broad SMARTS) is 1. The topological polar surface area (TPSA) is 66.0 Å². The summed E-state index contributed by atoms with van der Waals surface area (Å²) in [6.45, 7) is 2.10. The molecular weight excluding hydrogens is 308 g/mol. The Kier molecular flexibility index (Phi) is 5.70. The molecule has 21 heavy (non-hydrogen) atoms. The normalized spacial score (nSPS) is 10.8. The highest BCUT2D eigenvalue weighted by molar-refractivity contribution is 7.99. The van der Waals surface area contributed by atoms with Gasteiger partial charge < -0.3 is 10.1 Å². The fourth-order valence-corrected chi connectivity index (χ4v) is 2.92. The quantitative estimate of drug-likeness (QED) is 0.761. The number of imidazole rings is 1. The largest absolute Gasteiger partial charge is 0.481 e. The van der Waals surface area contributed by atoms with E-state index in [4.69, 9.17) is 16.7 Å². The van der Waals surface area contributed by atoms with Crippen molar-refractivity contribution in [2.75, 3.05) is 5.75 Å². The Hall–Kier alpha value is -1.46. The number of thioether (sulfide) groups is 1. The molecule has 1 aromatic heterocycles. The van der Waals surface area contributed by atoms with E-state index in [1.54, 1.807) is 11.8 Å². The second-order valence-electron chi connectivity index (χ2n) is 4.65. The number of nitrogens with zero attached hydrogens (tertiary/aromatic N) is 1. The molecule has 0 unspecified atom stereocenters. The summed E-state index contributed by atoms with van der Waals surface area (Å²) in [6.07, 6.45) is 1.52. The van der Waals surface area contributed by atoms with E-state index in [-0.39, 0.29) is 6.42 Å². The summed E-state index contributed by atoms with van der Waals surface area (Å²) in [5, 5.41) is 10.5. The van der Waals surface area contributed by atoms with Crippen LogP contribution in [0.2, 0.25) is 5.02 Å². The summed E-state index contributed by atoms with van der Waals surface area (Å²) in [5.74, 6) is 0.0806. The molecule has 6 heteroatoms. The maximum absolute atomic E-state index is 11.0.